The number of H-pyrrole nitrogens is 1. The summed E-state index contributed by atoms with van der Waals surface area (Å²) in [6.45, 7) is 1.72. The highest BCUT2D eigenvalue weighted by atomic mass is 35.5. The molecule has 0 aliphatic rings. The lowest BCUT2D eigenvalue weighted by Gasteiger charge is -2.04. The van der Waals surface area contributed by atoms with Gasteiger partial charge in [-0.3, -0.25) is 0 Å². The van der Waals surface area contributed by atoms with Gasteiger partial charge in [0, 0.05) is 19.6 Å². The maximum Gasteiger partial charge on any atom is 0.121 e. The van der Waals surface area contributed by atoms with Crippen LogP contribution in [0.1, 0.15) is 5.82 Å². The summed E-state index contributed by atoms with van der Waals surface area (Å²) in [6, 6.07) is 5.79. The summed E-state index contributed by atoms with van der Waals surface area (Å²) in [5, 5.41) is 0. The maximum absolute atomic E-state index is 5.53. The number of halogens is 1. The predicted molar refractivity (Wildman–Crippen MR) is 73.5 cm³/mol. The Morgan fingerprint density at radius 3 is 2.89 bits per heavy atom. The van der Waals surface area contributed by atoms with Crippen LogP contribution in [0, 0.1) is 0 Å². The number of aromatic nitrogens is 2. The number of hydrogen-bond donors (Lipinski definition) is 2. The highest BCUT2D eigenvalue weighted by Gasteiger charge is 2.03. The van der Waals surface area contributed by atoms with Crippen LogP contribution in [-0.4, -0.2) is 36.8 Å². The van der Waals surface area contributed by atoms with E-state index < -0.39 is 0 Å². The van der Waals surface area contributed by atoms with E-state index in [2.05, 4.69) is 9.97 Å². The van der Waals surface area contributed by atoms with E-state index in [1.54, 1.807) is 7.11 Å². The van der Waals surface area contributed by atoms with Gasteiger partial charge < -0.3 is 20.2 Å². The number of fused-ring (bicyclic) bond motifs is 1. The van der Waals surface area contributed by atoms with Gasteiger partial charge in [-0.2, -0.15) is 0 Å². The van der Waals surface area contributed by atoms with Crippen molar-refractivity contribution in [2.75, 3.05) is 26.9 Å². The van der Waals surface area contributed by atoms with Crippen LogP contribution >= 0.6 is 12.4 Å². The van der Waals surface area contributed by atoms with Gasteiger partial charge in [0.05, 0.1) is 17.6 Å². The van der Waals surface area contributed by atoms with Crippen molar-refractivity contribution in [2.45, 2.75) is 6.42 Å². The van der Waals surface area contributed by atoms with Crippen LogP contribution in [0.5, 0.6) is 5.75 Å². The Balaban J connectivity index is 0.00000162. The van der Waals surface area contributed by atoms with E-state index in [1.165, 1.54) is 0 Å². The number of rotatable bonds is 6. The number of nitrogens with two attached hydrogens (primary N) is 1. The predicted octanol–water partition coefficient (Wildman–Crippen LogP) is 1.51. The van der Waals surface area contributed by atoms with Crippen LogP contribution < -0.4 is 10.5 Å². The summed E-state index contributed by atoms with van der Waals surface area (Å²) in [5.74, 6) is 1.73. The minimum atomic E-state index is 0. The van der Waals surface area contributed by atoms with E-state index in [-0.39, 0.29) is 12.4 Å². The second-order valence-corrected chi connectivity index (χ2v) is 3.74. The molecular formula is C12H18ClN3O2. The minimum Gasteiger partial charge on any atom is -0.491 e. The molecule has 0 saturated carbocycles. The van der Waals surface area contributed by atoms with Gasteiger partial charge in [-0.25, -0.2) is 4.98 Å². The topological polar surface area (TPSA) is 73.2 Å². The van der Waals surface area contributed by atoms with Crippen LogP contribution in [-0.2, 0) is 11.2 Å². The van der Waals surface area contributed by atoms with Crippen LogP contribution in [0.4, 0.5) is 0 Å². The van der Waals surface area contributed by atoms with Crippen molar-refractivity contribution >= 4 is 23.4 Å². The molecule has 0 atom stereocenters. The van der Waals surface area contributed by atoms with Crippen LogP contribution in [0.2, 0.25) is 0 Å². The van der Waals surface area contributed by atoms with Crippen molar-refractivity contribution in [2.24, 2.45) is 5.73 Å². The summed E-state index contributed by atoms with van der Waals surface area (Å²) in [7, 11) is 1.65. The fraction of sp³-hybridized carbons (Fsp3) is 0.417. The monoisotopic (exact) mass is 271 g/mol. The minimum absolute atomic E-state index is 0. The lowest BCUT2D eigenvalue weighted by molar-refractivity contribution is 0.146. The first-order valence-electron chi connectivity index (χ1n) is 5.64. The largest absolute Gasteiger partial charge is 0.491 e. The summed E-state index contributed by atoms with van der Waals surface area (Å²) < 4.78 is 10.5. The Labute approximate surface area is 112 Å². The third-order valence-corrected chi connectivity index (χ3v) is 2.44. The molecule has 0 fully saturated rings. The zero-order valence-corrected chi connectivity index (χ0v) is 11.1. The molecule has 1 aromatic carbocycles. The first kappa shape index (κ1) is 14.8. The summed E-state index contributed by atoms with van der Waals surface area (Å²) in [6.07, 6.45) is 0.758. The van der Waals surface area contributed by atoms with Crippen molar-refractivity contribution < 1.29 is 9.47 Å². The molecule has 5 nitrogen and oxygen atoms in total. The van der Waals surface area contributed by atoms with Crippen molar-refractivity contribution in [1.82, 2.24) is 9.97 Å². The lowest BCUT2D eigenvalue weighted by atomic mass is 10.3. The fourth-order valence-corrected chi connectivity index (χ4v) is 1.63. The van der Waals surface area contributed by atoms with Gasteiger partial charge >= 0.3 is 0 Å². The third-order valence-electron chi connectivity index (χ3n) is 2.44. The molecule has 3 N–H and O–H groups in total. The van der Waals surface area contributed by atoms with Crippen molar-refractivity contribution in [1.29, 1.82) is 0 Å². The zero-order valence-electron chi connectivity index (χ0n) is 10.3. The van der Waals surface area contributed by atoms with Crippen molar-refractivity contribution in [3.63, 3.8) is 0 Å². The highest BCUT2D eigenvalue weighted by molar-refractivity contribution is 5.85. The standard InChI is InChI=1S/C12H17N3O2.ClH/c1-16-6-7-17-9-2-3-10-11(8-9)15-12(14-10)4-5-13;/h2-3,8H,4-7,13H2,1H3,(H,14,15);1H. The quantitative estimate of drug-likeness (QED) is 0.781. The number of aromatic amines is 1. The molecule has 6 heteroatoms. The molecule has 0 saturated heterocycles. The molecule has 0 spiro atoms. The molecule has 0 aliphatic heterocycles. The molecular weight excluding hydrogens is 254 g/mol. The molecule has 2 rings (SSSR count). The summed E-state index contributed by atoms with van der Waals surface area (Å²) in [4.78, 5) is 7.65. The van der Waals surface area contributed by atoms with E-state index in [0.717, 1.165) is 29.0 Å². The fourth-order valence-electron chi connectivity index (χ4n) is 1.63. The molecule has 18 heavy (non-hydrogen) atoms. The number of nitrogens with one attached hydrogen (secondary N) is 1. The lowest BCUT2D eigenvalue weighted by Crippen LogP contribution is -2.04. The second-order valence-electron chi connectivity index (χ2n) is 3.74. The average molecular weight is 272 g/mol. The van der Waals surface area contributed by atoms with Crippen LogP contribution in [0.3, 0.4) is 0 Å². The molecule has 2 aromatic rings. The molecule has 0 unspecified atom stereocenters. The third kappa shape index (κ3) is 3.60. The molecule has 0 amide bonds. The molecule has 1 heterocycles. The van der Waals surface area contributed by atoms with Crippen LogP contribution in [0.25, 0.3) is 11.0 Å². The number of hydrogen-bond acceptors (Lipinski definition) is 4. The Hall–Kier alpha value is -1.30. The normalized spacial score (nSPS) is 10.3. The number of benzene rings is 1. The number of methoxy groups -OCH3 is 1. The molecule has 1 aromatic heterocycles. The Morgan fingerprint density at radius 2 is 2.17 bits per heavy atom. The van der Waals surface area contributed by atoms with Gasteiger partial charge in [0.15, 0.2) is 0 Å². The molecule has 100 valence electrons. The molecule has 0 radical (unpaired) electrons. The first-order valence-corrected chi connectivity index (χ1v) is 5.64. The van der Waals surface area contributed by atoms with Gasteiger partial charge in [-0.15, -0.1) is 12.4 Å². The Bertz CT molecular complexity index is 487. The zero-order chi connectivity index (χ0) is 12.1. The average Bonchev–Trinajstić information content (AvgIpc) is 2.71. The van der Waals surface area contributed by atoms with E-state index >= 15 is 0 Å². The van der Waals surface area contributed by atoms with Gasteiger partial charge in [-0.05, 0) is 18.7 Å². The van der Waals surface area contributed by atoms with E-state index in [1.807, 2.05) is 18.2 Å². The number of imidazole rings is 1. The summed E-state index contributed by atoms with van der Waals surface area (Å²) in [5.41, 5.74) is 7.41. The number of nitrogens with zero attached hydrogens (tertiary/aromatic N) is 1. The van der Waals surface area contributed by atoms with Gasteiger partial charge in [-0.1, -0.05) is 0 Å². The molecule has 0 aliphatic carbocycles. The first-order chi connectivity index (χ1) is 8.33. The Morgan fingerprint density at radius 1 is 1.33 bits per heavy atom. The smallest absolute Gasteiger partial charge is 0.121 e. The van der Waals surface area contributed by atoms with E-state index in [0.29, 0.717) is 19.8 Å². The van der Waals surface area contributed by atoms with Crippen molar-refractivity contribution in [3.05, 3.63) is 24.0 Å². The van der Waals surface area contributed by atoms with E-state index in [4.69, 9.17) is 15.2 Å². The van der Waals surface area contributed by atoms with Crippen molar-refractivity contribution in [3.8, 4) is 5.75 Å². The van der Waals surface area contributed by atoms with E-state index in [9.17, 15) is 0 Å². The van der Waals surface area contributed by atoms with Gasteiger partial charge in [0.2, 0.25) is 0 Å². The molecule has 0 bridgehead atoms. The number of ether oxygens (including phenoxy) is 2. The van der Waals surface area contributed by atoms with Gasteiger partial charge in [0.1, 0.15) is 18.2 Å². The highest BCUT2D eigenvalue weighted by Crippen LogP contribution is 2.19. The van der Waals surface area contributed by atoms with Gasteiger partial charge in [0.25, 0.3) is 0 Å². The maximum atomic E-state index is 5.53. The van der Waals surface area contributed by atoms with Crippen LogP contribution in [0.15, 0.2) is 18.2 Å². The summed E-state index contributed by atoms with van der Waals surface area (Å²) >= 11 is 0. The second kappa shape index (κ2) is 7.20. The SMILES string of the molecule is COCCOc1ccc2nc(CCN)[nH]c2c1.Cl. The Kier molecular flexibility index (Phi) is 5.91.